The maximum Gasteiger partial charge on any atom is 0.335 e. The lowest BCUT2D eigenvalue weighted by Crippen LogP contribution is -2.42. The molecule has 0 bridgehead atoms. The van der Waals surface area contributed by atoms with Crippen molar-refractivity contribution in [2.45, 2.75) is 71.5 Å². The second kappa shape index (κ2) is 8.54. The van der Waals surface area contributed by atoms with E-state index in [1.54, 1.807) is 19.1 Å². The van der Waals surface area contributed by atoms with Gasteiger partial charge in [0, 0.05) is 6.42 Å². The van der Waals surface area contributed by atoms with Gasteiger partial charge in [0.25, 0.3) is 0 Å². The van der Waals surface area contributed by atoms with E-state index in [1.807, 2.05) is 0 Å². The molecule has 0 unspecified atom stereocenters. The average Bonchev–Trinajstić information content (AvgIpc) is 2.98. The molecule has 2 N–H and O–H groups in total. The van der Waals surface area contributed by atoms with E-state index in [4.69, 9.17) is 9.84 Å². The lowest BCUT2D eigenvalue weighted by molar-refractivity contribution is -0.0433. The standard InChI is InChI=1S/C22H30O4/c1-15(2)7-5-8-16(3)9-6-12-22(4,25)20-14-18-13-17(21(23)24)10-11-19(18)26-20/h7,9-11,13,20,25H,5-6,8,12,14H2,1-4H3,(H,23,24)/b16-9+/t20-,22-/m1/s1. The third-order valence-electron chi connectivity index (χ3n) is 4.91. The maximum absolute atomic E-state index is 11.1. The summed E-state index contributed by atoms with van der Waals surface area (Å²) in [6.45, 7) is 8.14. The molecular formula is C22H30O4. The van der Waals surface area contributed by atoms with E-state index in [2.05, 4.69) is 32.9 Å². The van der Waals surface area contributed by atoms with Crippen molar-refractivity contribution in [2.75, 3.05) is 0 Å². The molecule has 0 aliphatic carbocycles. The first kappa shape index (κ1) is 20.2. The highest BCUT2D eigenvalue weighted by Crippen LogP contribution is 2.35. The van der Waals surface area contributed by atoms with E-state index in [-0.39, 0.29) is 11.7 Å². The van der Waals surface area contributed by atoms with Gasteiger partial charge in [-0.25, -0.2) is 4.79 Å². The fourth-order valence-corrected chi connectivity index (χ4v) is 3.19. The Morgan fingerprint density at radius 3 is 2.65 bits per heavy atom. The lowest BCUT2D eigenvalue weighted by atomic mass is 9.90. The van der Waals surface area contributed by atoms with Crippen LogP contribution in [0.5, 0.6) is 5.75 Å². The normalized spacial score (nSPS) is 18.7. The summed E-state index contributed by atoms with van der Waals surface area (Å²) in [6.07, 6.45) is 8.11. The monoisotopic (exact) mass is 358 g/mol. The topological polar surface area (TPSA) is 66.8 Å². The molecule has 2 rings (SSSR count). The summed E-state index contributed by atoms with van der Waals surface area (Å²) in [5.74, 6) is -0.273. The first-order valence-electron chi connectivity index (χ1n) is 9.23. The first-order valence-corrected chi connectivity index (χ1v) is 9.23. The van der Waals surface area contributed by atoms with Crippen LogP contribution in [-0.2, 0) is 6.42 Å². The number of carboxylic acid groups (broad SMARTS) is 1. The lowest BCUT2D eigenvalue weighted by Gasteiger charge is -2.29. The number of ether oxygens (including phenoxy) is 1. The molecule has 0 fully saturated rings. The van der Waals surface area contributed by atoms with Crippen molar-refractivity contribution in [2.24, 2.45) is 0 Å². The number of aliphatic hydroxyl groups is 1. The number of allylic oxidation sites excluding steroid dienone is 4. The van der Waals surface area contributed by atoms with Crippen LogP contribution in [0.4, 0.5) is 0 Å². The highest BCUT2D eigenvalue weighted by molar-refractivity contribution is 5.88. The molecule has 4 heteroatoms. The van der Waals surface area contributed by atoms with Gasteiger partial charge in [-0.3, -0.25) is 0 Å². The van der Waals surface area contributed by atoms with E-state index in [1.165, 1.54) is 17.2 Å². The van der Waals surface area contributed by atoms with Gasteiger partial charge in [0.2, 0.25) is 0 Å². The van der Waals surface area contributed by atoms with Crippen LogP contribution in [0.1, 0.15) is 69.3 Å². The quantitative estimate of drug-likeness (QED) is 0.648. The van der Waals surface area contributed by atoms with Crippen LogP contribution in [0.2, 0.25) is 0 Å². The second-order valence-corrected chi connectivity index (χ2v) is 7.70. The summed E-state index contributed by atoms with van der Waals surface area (Å²) in [5.41, 5.74) is 2.81. The van der Waals surface area contributed by atoms with Crippen molar-refractivity contribution in [1.82, 2.24) is 0 Å². The van der Waals surface area contributed by atoms with E-state index in [0.717, 1.165) is 24.8 Å². The molecule has 1 aromatic rings. The predicted molar refractivity (Wildman–Crippen MR) is 104 cm³/mol. The van der Waals surface area contributed by atoms with Gasteiger partial charge in [-0.1, -0.05) is 23.3 Å². The Hall–Kier alpha value is -2.07. The molecule has 1 aliphatic heterocycles. The van der Waals surface area contributed by atoms with E-state index in [0.29, 0.717) is 18.6 Å². The minimum absolute atomic E-state index is 0.252. The zero-order valence-electron chi connectivity index (χ0n) is 16.2. The molecule has 0 spiro atoms. The fraction of sp³-hybridized carbons (Fsp3) is 0.500. The van der Waals surface area contributed by atoms with Gasteiger partial charge in [-0.2, -0.15) is 0 Å². The Labute approximate surface area is 156 Å². The Balaban J connectivity index is 1.90. The molecule has 2 atom stereocenters. The third kappa shape index (κ3) is 5.46. The van der Waals surface area contributed by atoms with Crippen molar-refractivity contribution in [3.05, 3.63) is 52.6 Å². The van der Waals surface area contributed by atoms with Crippen molar-refractivity contribution >= 4 is 5.97 Å². The van der Waals surface area contributed by atoms with E-state index < -0.39 is 11.6 Å². The molecule has 0 saturated carbocycles. The summed E-state index contributed by atoms with van der Waals surface area (Å²) in [6, 6.07) is 4.86. The number of hydrogen-bond donors (Lipinski definition) is 2. The van der Waals surface area contributed by atoms with Gasteiger partial charge in [-0.15, -0.1) is 0 Å². The van der Waals surface area contributed by atoms with Gasteiger partial charge < -0.3 is 14.9 Å². The van der Waals surface area contributed by atoms with Crippen LogP contribution in [0.25, 0.3) is 0 Å². The van der Waals surface area contributed by atoms with Gasteiger partial charge in [-0.05, 0) is 77.1 Å². The van der Waals surface area contributed by atoms with Crippen LogP contribution in [-0.4, -0.2) is 27.9 Å². The fourth-order valence-electron chi connectivity index (χ4n) is 3.19. The zero-order valence-corrected chi connectivity index (χ0v) is 16.2. The first-order chi connectivity index (χ1) is 12.2. The van der Waals surface area contributed by atoms with Crippen LogP contribution >= 0.6 is 0 Å². The molecule has 1 aliphatic rings. The summed E-state index contributed by atoms with van der Waals surface area (Å²) >= 11 is 0. The number of hydrogen-bond acceptors (Lipinski definition) is 3. The molecule has 0 aromatic heterocycles. The highest BCUT2D eigenvalue weighted by atomic mass is 16.5. The van der Waals surface area contributed by atoms with Crippen LogP contribution < -0.4 is 4.74 Å². The summed E-state index contributed by atoms with van der Waals surface area (Å²) in [7, 11) is 0. The van der Waals surface area contributed by atoms with E-state index >= 15 is 0 Å². The number of fused-ring (bicyclic) bond motifs is 1. The Kier molecular flexibility index (Phi) is 6.65. The zero-order chi connectivity index (χ0) is 19.3. The minimum Gasteiger partial charge on any atom is -0.487 e. The highest BCUT2D eigenvalue weighted by Gasteiger charge is 2.38. The van der Waals surface area contributed by atoms with Crippen molar-refractivity contribution < 1.29 is 19.7 Å². The summed E-state index contributed by atoms with van der Waals surface area (Å²) in [5, 5.41) is 19.9. The summed E-state index contributed by atoms with van der Waals surface area (Å²) < 4.78 is 5.88. The average molecular weight is 358 g/mol. The molecular weight excluding hydrogens is 328 g/mol. The molecule has 4 nitrogen and oxygen atoms in total. The van der Waals surface area contributed by atoms with E-state index in [9.17, 15) is 9.90 Å². The largest absolute Gasteiger partial charge is 0.487 e. The van der Waals surface area contributed by atoms with Gasteiger partial charge in [0.05, 0.1) is 11.2 Å². The van der Waals surface area contributed by atoms with Crippen molar-refractivity contribution in [3.63, 3.8) is 0 Å². The molecule has 0 saturated heterocycles. The number of carbonyl (C=O) groups is 1. The molecule has 1 aromatic carbocycles. The smallest absolute Gasteiger partial charge is 0.335 e. The van der Waals surface area contributed by atoms with Crippen molar-refractivity contribution in [3.8, 4) is 5.75 Å². The van der Waals surface area contributed by atoms with Gasteiger partial charge >= 0.3 is 5.97 Å². The summed E-state index contributed by atoms with van der Waals surface area (Å²) in [4.78, 5) is 11.1. The number of benzene rings is 1. The minimum atomic E-state index is -0.959. The molecule has 0 radical (unpaired) electrons. The molecule has 0 amide bonds. The molecule has 26 heavy (non-hydrogen) atoms. The predicted octanol–water partition coefficient (Wildman–Crippen LogP) is 4.91. The van der Waals surface area contributed by atoms with Gasteiger partial charge in [0.1, 0.15) is 11.9 Å². The number of carboxylic acids is 1. The van der Waals surface area contributed by atoms with Crippen LogP contribution in [0.3, 0.4) is 0 Å². The number of rotatable bonds is 8. The maximum atomic E-state index is 11.1. The van der Waals surface area contributed by atoms with Crippen LogP contribution in [0, 0.1) is 0 Å². The second-order valence-electron chi connectivity index (χ2n) is 7.70. The number of aromatic carboxylic acids is 1. The van der Waals surface area contributed by atoms with Crippen LogP contribution in [0.15, 0.2) is 41.5 Å². The Morgan fingerprint density at radius 2 is 2.00 bits per heavy atom. The third-order valence-corrected chi connectivity index (χ3v) is 4.91. The van der Waals surface area contributed by atoms with Gasteiger partial charge in [0.15, 0.2) is 0 Å². The Bertz CT molecular complexity index is 709. The molecule has 142 valence electrons. The van der Waals surface area contributed by atoms with Crippen molar-refractivity contribution in [1.29, 1.82) is 0 Å². The Morgan fingerprint density at radius 1 is 1.27 bits per heavy atom. The SMILES string of the molecule is CC(C)=CCC/C(C)=C/CC[C@@](C)(O)[C@H]1Cc2cc(C(=O)O)ccc2O1. The molecule has 1 heterocycles.